The van der Waals surface area contributed by atoms with E-state index in [1.54, 1.807) is 6.07 Å². The van der Waals surface area contributed by atoms with Crippen LogP contribution in [0.25, 0.3) is 0 Å². The van der Waals surface area contributed by atoms with Gasteiger partial charge in [-0.15, -0.1) is 11.3 Å². The maximum absolute atomic E-state index is 13.1. The lowest BCUT2D eigenvalue weighted by molar-refractivity contribution is 0.304. The molecule has 0 spiro atoms. The zero-order valence-corrected chi connectivity index (χ0v) is 10.1. The second-order valence-corrected chi connectivity index (χ2v) is 4.60. The van der Waals surface area contributed by atoms with E-state index in [9.17, 15) is 4.39 Å². The van der Waals surface area contributed by atoms with Crippen LogP contribution in [0, 0.1) is 12.7 Å². The molecule has 0 aliphatic heterocycles. The normalized spacial score (nSPS) is 10.4. The minimum Gasteiger partial charge on any atom is -0.486 e. The van der Waals surface area contributed by atoms with Gasteiger partial charge in [-0.05, 0) is 19.1 Å². The highest BCUT2D eigenvalue weighted by Crippen LogP contribution is 2.21. The van der Waals surface area contributed by atoms with Gasteiger partial charge in [-0.1, -0.05) is 11.6 Å². The highest BCUT2D eigenvalue weighted by molar-refractivity contribution is 7.09. The van der Waals surface area contributed by atoms with Crippen LogP contribution >= 0.6 is 22.9 Å². The first kappa shape index (κ1) is 11.4. The van der Waals surface area contributed by atoms with Gasteiger partial charge in [0.15, 0.2) is 0 Å². The molecule has 5 heteroatoms. The van der Waals surface area contributed by atoms with E-state index in [4.69, 9.17) is 16.3 Å². The van der Waals surface area contributed by atoms with E-state index in [2.05, 4.69) is 4.98 Å². The van der Waals surface area contributed by atoms with Crippen LogP contribution in [-0.2, 0) is 6.61 Å². The second-order valence-electron chi connectivity index (χ2n) is 3.25. The molecule has 2 nitrogen and oxygen atoms in total. The molecule has 16 heavy (non-hydrogen) atoms. The summed E-state index contributed by atoms with van der Waals surface area (Å²) in [7, 11) is 0. The van der Waals surface area contributed by atoms with Gasteiger partial charge in [0.25, 0.3) is 0 Å². The maximum Gasteiger partial charge on any atom is 0.145 e. The first-order chi connectivity index (χ1) is 7.65. The quantitative estimate of drug-likeness (QED) is 0.834. The monoisotopic (exact) mass is 257 g/mol. The minimum absolute atomic E-state index is 0.0949. The van der Waals surface area contributed by atoms with Crippen molar-refractivity contribution in [2.75, 3.05) is 0 Å². The summed E-state index contributed by atoms with van der Waals surface area (Å²) in [5.74, 6) is -0.0239. The summed E-state index contributed by atoms with van der Waals surface area (Å²) in [5, 5.41) is 2.91. The van der Waals surface area contributed by atoms with Gasteiger partial charge in [0.1, 0.15) is 23.2 Å². The Hall–Kier alpha value is -1.13. The molecule has 0 unspecified atom stereocenters. The van der Waals surface area contributed by atoms with Crippen molar-refractivity contribution >= 4 is 22.9 Å². The van der Waals surface area contributed by atoms with Crippen molar-refractivity contribution < 1.29 is 9.13 Å². The Morgan fingerprint density at radius 2 is 2.31 bits per heavy atom. The molecular weight excluding hydrogens is 249 g/mol. The lowest BCUT2D eigenvalue weighted by Crippen LogP contribution is -1.95. The average Bonchev–Trinajstić information content (AvgIpc) is 2.66. The number of rotatable bonds is 3. The van der Waals surface area contributed by atoms with E-state index in [1.165, 1.54) is 23.5 Å². The van der Waals surface area contributed by atoms with Crippen molar-refractivity contribution in [2.45, 2.75) is 13.5 Å². The van der Waals surface area contributed by atoms with Crippen LogP contribution in [0.3, 0.4) is 0 Å². The van der Waals surface area contributed by atoms with E-state index in [-0.39, 0.29) is 5.02 Å². The number of aromatic nitrogens is 1. The molecule has 0 radical (unpaired) electrons. The Morgan fingerprint density at radius 1 is 1.50 bits per heavy atom. The molecule has 1 aromatic carbocycles. The van der Waals surface area contributed by atoms with Crippen molar-refractivity contribution in [3.63, 3.8) is 0 Å². The molecule has 0 N–H and O–H groups in total. The number of aryl methyl sites for hydroxylation is 1. The maximum atomic E-state index is 13.1. The summed E-state index contributed by atoms with van der Waals surface area (Å²) in [5.41, 5.74) is 0.964. The van der Waals surface area contributed by atoms with E-state index < -0.39 is 5.82 Å². The number of nitrogens with zero attached hydrogens (tertiary/aromatic N) is 1. The third-order valence-corrected chi connectivity index (χ3v) is 3.17. The summed E-state index contributed by atoms with van der Waals surface area (Å²) in [6.07, 6.45) is 0. The molecule has 84 valence electrons. The van der Waals surface area contributed by atoms with Crippen molar-refractivity contribution in [2.24, 2.45) is 0 Å². The van der Waals surface area contributed by atoms with Crippen molar-refractivity contribution in [1.82, 2.24) is 4.98 Å². The number of halogens is 2. The topological polar surface area (TPSA) is 22.1 Å². The zero-order valence-electron chi connectivity index (χ0n) is 8.54. The van der Waals surface area contributed by atoms with Gasteiger partial charge in [-0.25, -0.2) is 9.37 Å². The standard InChI is InChI=1S/C11H9ClFNOS/c1-7-6-16-11(14-7)5-15-8-2-3-9(12)10(13)4-8/h2-4,6H,5H2,1H3. The fourth-order valence-corrected chi connectivity index (χ4v) is 1.98. The Morgan fingerprint density at radius 3 is 2.94 bits per heavy atom. The second kappa shape index (κ2) is 4.80. The van der Waals surface area contributed by atoms with Crippen LogP contribution in [0.4, 0.5) is 4.39 Å². The third-order valence-electron chi connectivity index (χ3n) is 1.92. The highest BCUT2D eigenvalue weighted by atomic mass is 35.5. The van der Waals surface area contributed by atoms with Gasteiger partial charge in [0, 0.05) is 17.1 Å². The van der Waals surface area contributed by atoms with E-state index >= 15 is 0 Å². The molecule has 1 heterocycles. The Labute approximate surface area is 102 Å². The number of thiazole rings is 1. The van der Waals surface area contributed by atoms with Crippen molar-refractivity contribution in [3.05, 3.63) is 45.1 Å². The molecule has 0 saturated heterocycles. The Balaban J connectivity index is 2.02. The summed E-state index contributed by atoms with van der Waals surface area (Å²) in [6, 6.07) is 4.37. The summed E-state index contributed by atoms with van der Waals surface area (Å²) in [4.78, 5) is 4.24. The van der Waals surface area contributed by atoms with Crippen LogP contribution in [0.2, 0.25) is 5.02 Å². The predicted octanol–water partition coefficient (Wildman–Crippen LogP) is 3.82. The fourth-order valence-electron chi connectivity index (χ4n) is 1.18. The van der Waals surface area contributed by atoms with Gasteiger partial charge >= 0.3 is 0 Å². The van der Waals surface area contributed by atoms with Crippen molar-refractivity contribution in [3.8, 4) is 5.75 Å². The molecule has 2 aromatic rings. The highest BCUT2D eigenvalue weighted by Gasteiger charge is 2.03. The average molecular weight is 258 g/mol. The van der Waals surface area contributed by atoms with Crippen LogP contribution in [0.15, 0.2) is 23.6 Å². The molecule has 0 fully saturated rings. The SMILES string of the molecule is Cc1csc(COc2ccc(Cl)c(F)c2)n1. The zero-order chi connectivity index (χ0) is 11.5. The van der Waals surface area contributed by atoms with Crippen molar-refractivity contribution in [1.29, 1.82) is 0 Å². The summed E-state index contributed by atoms with van der Waals surface area (Å²) < 4.78 is 18.5. The lowest BCUT2D eigenvalue weighted by atomic mass is 10.3. The van der Waals surface area contributed by atoms with Gasteiger partial charge in [-0.3, -0.25) is 0 Å². The molecule has 0 atom stereocenters. The minimum atomic E-state index is -0.477. The molecule has 0 aliphatic rings. The van der Waals surface area contributed by atoms with Crippen LogP contribution in [-0.4, -0.2) is 4.98 Å². The Bertz CT molecular complexity index is 500. The predicted molar refractivity (Wildman–Crippen MR) is 62.6 cm³/mol. The van der Waals surface area contributed by atoms with E-state index in [0.717, 1.165) is 10.7 Å². The summed E-state index contributed by atoms with van der Waals surface area (Å²) >= 11 is 7.08. The Kier molecular flexibility index (Phi) is 3.41. The first-order valence-corrected chi connectivity index (χ1v) is 5.90. The molecule has 1 aromatic heterocycles. The molecule has 2 rings (SSSR count). The molecule has 0 saturated carbocycles. The third kappa shape index (κ3) is 2.71. The molecule has 0 bridgehead atoms. The largest absolute Gasteiger partial charge is 0.486 e. The number of ether oxygens (including phenoxy) is 1. The number of hydrogen-bond donors (Lipinski definition) is 0. The van der Waals surface area contributed by atoms with E-state index in [1.807, 2.05) is 12.3 Å². The summed E-state index contributed by atoms with van der Waals surface area (Å²) in [6.45, 7) is 2.27. The van der Waals surface area contributed by atoms with Crippen LogP contribution < -0.4 is 4.74 Å². The molecular formula is C11H9ClFNOS. The molecule has 0 aliphatic carbocycles. The number of hydrogen-bond acceptors (Lipinski definition) is 3. The smallest absolute Gasteiger partial charge is 0.145 e. The van der Waals surface area contributed by atoms with Gasteiger partial charge in [0.2, 0.25) is 0 Å². The van der Waals surface area contributed by atoms with E-state index in [0.29, 0.717) is 12.4 Å². The first-order valence-electron chi connectivity index (χ1n) is 4.64. The van der Waals surface area contributed by atoms with Gasteiger partial charge in [0.05, 0.1) is 5.02 Å². The fraction of sp³-hybridized carbons (Fsp3) is 0.182. The van der Waals surface area contributed by atoms with Crippen LogP contribution in [0.5, 0.6) is 5.75 Å². The van der Waals surface area contributed by atoms with Crippen LogP contribution in [0.1, 0.15) is 10.7 Å². The molecule has 0 amide bonds. The lowest BCUT2D eigenvalue weighted by Gasteiger charge is -2.04. The number of benzene rings is 1. The van der Waals surface area contributed by atoms with Gasteiger partial charge in [-0.2, -0.15) is 0 Å². The van der Waals surface area contributed by atoms with Gasteiger partial charge < -0.3 is 4.74 Å².